The lowest BCUT2D eigenvalue weighted by molar-refractivity contribution is 0.171. The van der Waals surface area contributed by atoms with Crippen LogP contribution in [0, 0.1) is 0 Å². The highest BCUT2D eigenvalue weighted by Crippen LogP contribution is 2.35. The number of benzene rings is 1. The fourth-order valence-electron chi connectivity index (χ4n) is 3.54. The lowest BCUT2D eigenvalue weighted by atomic mass is 9.96. The van der Waals surface area contributed by atoms with Crippen molar-refractivity contribution in [3.05, 3.63) is 40.6 Å². The first-order valence-electron chi connectivity index (χ1n) is 9.30. The molecular weight excluding hydrogens is 364 g/mol. The third kappa shape index (κ3) is 4.13. The maximum Gasteiger partial charge on any atom is 0.174 e. The summed E-state index contributed by atoms with van der Waals surface area (Å²) in [7, 11) is 0. The van der Waals surface area contributed by atoms with Crippen LogP contribution in [0.4, 0.5) is 5.69 Å². The van der Waals surface area contributed by atoms with Gasteiger partial charge in [-0.3, -0.25) is 0 Å². The lowest BCUT2D eigenvalue weighted by Gasteiger charge is -2.31. The smallest absolute Gasteiger partial charge is 0.174 e. The zero-order chi connectivity index (χ0) is 17.8. The lowest BCUT2D eigenvalue weighted by Crippen LogP contribution is -2.45. The molecule has 0 bridgehead atoms. The number of nitrogens with one attached hydrogen (secondary N) is 1. The Labute approximate surface area is 164 Å². The van der Waals surface area contributed by atoms with Crippen LogP contribution in [0.3, 0.4) is 0 Å². The van der Waals surface area contributed by atoms with Gasteiger partial charge in [-0.1, -0.05) is 25.3 Å². The van der Waals surface area contributed by atoms with Gasteiger partial charge in [0.1, 0.15) is 13.2 Å². The van der Waals surface area contributed by atoms with Gasteiger partial charge in [0.2, 0.25) is 0 Å². The highest BCUT2D eigenvalue weighted by molar-refractivity contribution is 7.80. The van der Waals surface area contributed by atoms with Gasteiger partial charge in [-0.25, -0.2) is 0 Å². The van der Waals surface area contributed by atoms with Crippen LogP contribution in [0.5, 0.6) is 11.5 Å². The Morgan fingerprint density at radius 2 is 1.92 bits per heavy atom. The maximum atomic E-state index is 5.81. The van der Waals surface area contributed by atoms with Gasteiger partial charge < -0.3 is 19.7 Å². The summed E-state index contributed by atoms with van der Waals surface area (Å²) in [5, 5.41) is 6.50. The number of hydrogen-bond acceptors (Lipinski definition) is 4. The van der Waals surface area contributed by atoms with Crippen LogP contribution in [0.1, 0.15) is 37.0 Å². The summed E-state index contributed by atoms with van der Waals surface area (Å²) in [6.45, 7) is 1.95. The Morgan fingerprint density at radius 3 is 2.69 bits per heavy atom. The minimum atomic E-state index is 0.485. The van der Waals surface area contributed by atoms with Crippen LogP contribution in [0.25, 0.3) is 0 Å². The van der Waals surface area contributed by atoms with E-state index in [2.05, 4.69) is 33.8 Å². The van der Waals surface area contributed by atoms with E-state index in [1.54, 1.807) is 11.3 Å². The molecule has 6 heteroatoms. The standard InChI is InChI=1S/C20H24N2O2S2/c25-20(21-15-5-2-1-3-6-15)22(14-17-7-4-12-26-17)16-8-9-18-19(13-16)24-11-10-23-18/h4,7-9,12-13,15H,1-3,5-6,10-11,14H2,(H,21,25). The van der Waals surface area contributed by atoms with Crippen LogP contribution < -0.4 is 19.7 Å². The number of rotatable bonds is 4. The molecule has 0 spiro atoms. The molecule has 2 aromatic rings. The van der Waals surface area contributed by atoms with Crippen molar-refractivity contribution >= 4 is 34.4 Å². The van der Waals surface area contributed by atoms with E-state index in [1.807, 2.05) is 12.1 Å². The number of nitrogens with zero attached hydrogens (tertiary/aromatic N) is 1. The number of hydrogen-bond donors (Lipinski definition) is 1. The molecule has 4 nitrogen and oxygen atoms in total. The highest BCUT2D eigenvalue weighted by Gasteiger charge is 2.21. The van der Waals surface area contributed by atoms with E-state index < -0.39 is 0 Å². The molecule has 0 radical (unpaired) electrons. The van der Waals surface area contributed by atoms with Crippen molar-refractivity contribution in [1.82, 2.24) is 5.32 Å². The van der Waals surface area contributed by atoms with Crippen LogP contribution in [-0.2, 0) is 6.54 Å². The zero-order valence-corrected chi connectivity index (χ0v) is 16.4. The van der Waals surface area contributed by atoms with Gasteiger partial charge in [0.15, 0.2) is 16.6 Å². The number of thiophene rings is 1. The summed E-state index contributed by atoms with van der Waals surface area (Å²) in [5.74, 6) is 1.60. The van der Waals surface area contributed by atoms with Gasteiger partial charge in [0, 0.05) is 22.7 Å². The molecule has 1 aliphatic carbocycles. The molecule has 2 aliphatic rings. The third-order valence-corrected chi connectivity index (χ3v) is 6.11. The number of anilines is 1. The average Bonchev–Trinajstić information content (AvgIpc) is 3.20. The highest BCUT2D eigenvalue weighted by atomic mass is 32.1. The van der Waals surface area contributed by atoms with Crippen molar-refractivity contribution in [3.63, 3.8) is 0 Å². The van der Waals surface area contributed by atoms with E-state index in [1.165, 1.54) is 37.0 Å². The quantitative estimate of drug-likeness (QED) is 0.766. The molecule has 1 aliphatic heterocycles. The van der Waals surface area contributed by atoms with Crippen LogP contribution >= 0.6 is 23.6 Å². The predicted molar refractivity (Wildman–Crippen MR) is 111 cm³/mol. The first-order valence-corrected chi connectivity index (χ1v) is 10.6. The summed E-state index contributed by atoms with van der Waals surface area (Å²) in [6.07, 6.45) is 6.32. The molecule has 1 aromatic heterocycles. The van der Waals surface area contributed by atoms with Crippen molar-refractivity contribution in [3.8, 4) is 11.5 Å². The van der Waals surface area contributed by atoms with Gasteiger partial charge >= 0.3 is 0 Å². The molecule has 0 atom stereocenters. The zero-order valence-electron chi connectivity index (χ0n) is 14.8. The summed E-state index contributed by atoms with van der Waals surface area (Å²) >= 11 is 7.57. The number of ether oxygens (including phenoxy) is 2. The first-order chi connectivity index (χ1) is 12.8. The minimum Gasteiger partial charge on any atom is -0.486 e. The van der Waals surface area contributed by atoms with Crippen molar-refractivity contribution in [2.24, 2.45) is 0 Å². The Balaban J connectivity index is 1.56. The molecule has 0 unspecified atom stereocenters. The largest absolute Gasteiger partial charge is 0.486 e. The molecule has 138 valence electrons. The maximum absolute atomic E-state index is 5.81. The second kappa shape index (κ2) is 8.27. The van der Waals surface area contributed by atoms with Crippen molar-refractivity contribution in [1.29, 1.82) is 0 Å². The van der Waals surface area contributed by atoms with E-state index in [9.17, 15) is 0 Å². The minimum absolute atomic E-state index is 0.485. The second-order valence-electron chi connectivity index (χ2n) is 6.78. The fraction of sp³-hybridized carbons (Fsp3) is 0.450. The van der Waals surface area contributed by atoms with E-state index >= 15 is 0 Å². The van der Waals surface area contributed by atoms with Crippen LogP contribution in [0.2, 0.25) is 0 Å². The van der Waals surface area contributed by atoms with Gasteiger partial charge in [0.05, 0.1) is 6.54 Å². The van der Waals surface area contributed by atoms with Gasteiger partial charge in [-0.05, 0) is 48.6 Å². The Bertz CT molecular complexity index is 742. The van der Waals surface area contributed by atoms with Crippen LogP contribution in [0.15, 0.2) is 35.7 Å². The summed E-state index contributed by atoms with van der Waals surface area (Å²) in [6, 6.07) is 10.8. The molecule has 4 rings (SSSR count). The van der Waals surface area contributed by atoms with Gasteiger partial charge in [-0.2, -0.15) is 0 Å². The van der Waals surface area contributed by atoms with E-state index in [0.717, 1.165) is 28.8 Å². The molecule has 1 saturated carbocycles. The predicted octanol–water partition coefficient (Wildman–Crippen LogP) is 4.73. The summed E-state index contributed by atoms with van der Waals surface area (Å²) in [5.41, 5.74) is 1.04. The number of fused-ring (bicyclic) bond motifs is 1. The van der Waals surface area contributed by atoms with Crippen molar-refractivity contribution < 1.29 is 9.47 Å². The Hall–Kier alpha value is -1.79. The molecule has 1 fully saturated rings. The van der Waals surface area contributed by atoms with Crippen LogP contribution in [-0.4, -0.2) is 24.4 Å². The fourth-order valence-corrected chi connectivity index (χ4v) is 4.57. The Kier molecular flexibility index (Phi) is 5.60. The molecule has 0 saturated heterocycles. The normalized spacial score (nSPS) is 16.9. The van der Waals surface area contributed by atoms with Crippen molar-refractivity contribution in [2.75, 3.05) is 18.1 Å². The molecule has 26 heavy (non-hydrogen) atoms. The molecular formula is C20H24N2O2S2. The molecule has 1 N–H and O–H groups in total. The van der Waals surface area contributed by atoms with E-state index in [4.69, 9.17) is 21.7 Å². The molecule has 1 aromatic carbocycles. The summed E-state index contributed by atoms with van der Waals surface area (Å²) < 4.78 is 11.4. The summed E-state index contributed by atoms with van der Waals surface area (Å²) in [4.78, 5) is 3.46. The molecule has 2 heterocycles. The van der Waals surface area contributed by atoms with E-state index in [-0.39, 0.29) is 0 Å². The first kappa shape index (κ1) is 17.6. The molecule has 0 amide bonds. The second-order valence-corrected chi connectivity index (χ2v) is 8.20. The monoisotopic (exact) mass is 388 g/mol. The average molecular weight is 389 g/mol. The SMILES string of the molecule is S=C(NC1CCCCC1)N(Cc1cccs1)c1ccc2c(c1)OCCO2. The third-order valence-electron chi connectivity index (χ3n) is 4.91. The van der Waals surface area contributed by atoms with Gasteiger partial charge in [0.25, 0.3) is 0 Å². The van der Waals surface area contributed by atoms with Crippen molar-refractivity contribution in [2.45, 2.75) is 44.7 Å². The van der Waals surface area contributed by atoms with Gasteiger partial charge in [-0.15, -0.1) is 11.3 Å². The Morgan fingerprint density at radius 1 is 1.12 bits per heavy atom. The van der Waals surface area contributed by atoms with E-state index in [0.29, 0.717) is 19.3 Å². The topological polar surface area (TPSA) is 33.7 Å². The number of thiocarbonyl (C=S) groups is 1.